The second kappa shape index (κ2) is 6.63. The van der Waals surface area contributed by atoms with E-state index < -0.39 is 5.60 Å². The number of nitrogens with zero attached hydrogens (tertiary/aromatic N) is 2. The fourth-order valence-electron chi connectivity index (χ4n) is 2.92. The first-order chi connectivity index (χ1) is 11.0. The van der Waals surface area contributed by atoms with Gasteiger partial charge in [0.1, 0.15) is 11.4 Å². The smallest absolute Gasteiger partial charge is 0.410 e. The molecule has 1 aliphatic heterocycles. The van der Waals surface area contributed by atoms with Crippen molar-refractivity contribution in [2.24, 2.45) is 10.7 Å². The molecular weight excluding hydrogens is 326 g/mol. The molecule has 0 aliphatic carbocycles. The molecule has 0 radical (unpaired) electrons. The molecule has 2 N–H and O–H groups in total. The van der Waals surface area contributed by atoms with Crippen molar-refractivity contribution in [1.29, 1.82) is 0 Å². The van der Waals surface area contributed by atoms with E-state index in [4.69, 9.17) is 22.1 Å². The zero-order valence-corrected chi connectivity index (χ0v) is 15.8. The number of carbonyl (C=O) groups is 1. The van der Waals surface area contributed by atoms with E-state index in [1.807, 2.05) is 32.9 Å². The number of rotatable bonds is 2. The summed E-state index contributed by atoms with van der Waals surface area (Å²) in [6.45, 7) is 11.0. The van der Waals surface area contributed by atoms with Crippen molar-refractivity contribution < 1.29 is 9.53 Å². The van der Waals surface area contributed by atoms with Crippen LogP contribution in [0.3, 0.4) is 0 Å². The molecular formula is C18H26ClN3O2. The minimum absolute atomic E-state index is 0.162. The first-order valence-electron chi connectivity index (χ1n) is 8.02. The highest BCUT2D eigenvalue weighted by Crippen LogP contribution is 2.35. The summed E-state index contributed by atoms with van der Waals surface area (Å²) in [6.07, 6.45) is -0.296. The monoisotopic (exact) mass is 351 g/mol. The molecule has 1 heterocycles. The number of halogens is 1. The first-order valence-corrected chi connectivity index (χ1v) is 8.55. The van der Waals surface area contributed by atoms with Gasteiger partial charge < -0.3 is 15.4 Å². The van der Waals surface area contributed by atoms with E-state index in [0.717, 1.165) is 11.3 Å². The Morgan fingerprint density at radius 3 is 2.67 bits per heavy atom. The zero-order chi connectivity index (χ0) is 18.1. The molecule has 1 aromatic carbocycles. The van der Waals surface area contributed by atoms with E-state index in [-0.39, 0.29) is 17.4 Å². The van der Waals surface area contributed by atoms with Crippen molar-refractivity contribution in [3.63, 3.8) is 0 Å². The molecule has 0 bridgehead atoms. The lowest BCUT2D eigenvalue weighted by atomic mass is 9.78. The maximum atomic E-state index is 12.5. The SMILES string of the molecule is CC(C)(C)OC(=O)N1Cc2cc(N=C(N)CCl)ccc2C(C)(C)C1. The van der Waals surface area contributed by atoms with Gasteiger partial charge >= 0.3 is 6.09 Å². The Morgan fingerprint density at radius 1 is 1.42 bits per heavy atom. The lowest BCUT2D eigenvalue weighted by Gasteiger charge is -2.40. The Kier molecular flexibility index (Phi) is 5.14. The van der Waals surface area contributed by atoms with Crippen LogP contribution in [0.15, 0.2) is 23.2 Å². The molecule has 1 amide bonds. The van der Waals surface area contributed by atoms with Gasteiger partial charge in [-0.1, -0.05) is 19.9 Å². The number of nitrogens with two attached hydrogens (primary N) is 1. The average molecular weight is 352 g/mol. The summed E-state index contributed by atoms with van der Waals surface area (Å²) in [5.74, 6) is 0.558. The van der Waals surface area contributed by atoms with Crippen molar-refractivity contribution in [2.45, 2.75) is 52.2 Å². The van der Waals surface area contributed by atoms with Crippen LogP contribution in [0, 0.1) is 0 Å². The maximum Gasteiger partial charge on any atom is 0.410 e. The van der Waals surface area contributed by atoms with E-state index in [1.54, 1.807) is 4.90 Å². The van der Waals surface area contributed by atoms with Crippen LogP contribution in [0.5, 0.6) is 0 Å². The molecule has 1 aromatic rings. The summed E-state index contributed by atoms with van der Waals surface area (Å²) in [7, 11) is 0. The number of benzene rings is 1. The molecule has 5 nitrogen and oxygen atoms in total. The van der Waals surface area contributed by atoms with E-state index in [0.29, 0.717) is 18.9 Å². The van der Waals surface area contributed by atoms with Gasteiger partial charge in [0.2, 0.25) is 0 Å². The largest absolute Gasteiger partial charge is 0.444 e. The van der Waals surface area contributed by atoms with Gasteiger partial charge in [-0.3, -0.25) is 0 Å². The number of carbonyl (C=O) groups excluding carboxylic acids is 1. The minimum atomic E-state index is -0.511. The third kappa shape index (κ3) is 4.41. The number of aliphatic imine (C=N–C) groups is 1. The van der Waals surface area contributed by atoms with E-state index in [2.05, 4.69) is 24.9 Å². The Hall–Kier alpha value is -1.75. The summed E-state index contributed by atoms with van der Waals surface area (Å²) < 4.78 is 5.52. The molecule has 2 rings (SSSR count). The van der Waals surface area contributed by atoms with Gasteiger partial charge in [0, 0.05) is 18.5 Å². The van der Waals surface area contributed by atoms with Crippen molar-refractivity contribution in [2.75, 3.05) is 12.4 Å². The van der Waals surface area contributed by atoms with Crippen LogP contribution in [-0.2, 0) is 16.7 Å². The van der Waals surface area contributed by atoms with Crippen LogP contribution in [0.4, 0.5) is 10.5 Å². The third-order valence-corrected chi connectivity index (χ3v) is 4.10. The van der Waals surface area contributed by atoms with Crippen LogP contribution >= 0.6 is 11.6 Å². The number of fused-ring (bicyclic) bond motifs is 1. The summed E-state index contributed by atoms with van der Waals surface area (Å²) >= 11 is 5.69. The molecule has 0 saturated heterocycles. The Morgan fingerprint density at radius 2 is 2.08 bits per heavy atom. The Balaban J connectivity index is 2.32. The van der Waals surface area contributed by atoms with Gasteiger partial charge in [-0.05, 0) is 44.0 Å². The van der Waals surface area contributed by atoms with Crippen molar-refractivity contribution in [3.05, 3.63) is 29.3 Å². The highest BCUT2D eigenvalue weighted by Gasteiger charge is 2.35. The second-order valence-electron chi connectivity index (χ2n) is 7.80. The maximum absolute atomic E-state index is 12.5. The minimum Gasteiger partial charge on any atom is -0.444 e. The number of alkyl halides is 1. The highest BCUT2D eigenvalue weighted by atomic mass is 35.5. The van der Waals surface area contributed by atoms with Gasteiger partial charge in [-0.15, -0.1) is 11.6 Å². The molecule has 0 fully saturated rings. The van der Waals surface area contributed by atoms with Crippen molar-refractivity contribution in [1.82, 2.24) is 4.90 Å². The van der Waals surface area contributed by atoms with Crippen molar-refractivity contribution >= 4 is 29.2 Å². The summed E-state index contributed by atoms with van der Waals surface area (Å²) in [6, 6.07) is 5.96. The van der Waals surface area contributed by atoms with Crippen LogP contribution in [0.2, 0.25) is 0 Å². The lowest BCUT2D eigenvalue weighted by Crippen LogP contribution is -2.46. The normalized spacial score (nSPS) is 17.4. The zero-order valence-electron chi connectivity index (χ0n) is 15.0. The average Bonchev–Trinajstić information content (AvgIpc) is 2.44. The quantitative estimate of drug-likeness (QED) is 0.498. The topological polar surface area (TPSA) is 67.9 Å². The van der Waals surface area contributed by atoms with Crippen LogP contribution < -0.4 is 5.73 Å². The molecule has 1 aliphatic rings. The van der Waals surface area contributed by atoms with E-state index in [9.17, 15) is 4.79 Å². The number of hydrogen-bond donors (Lipinski definition) is 1. The molecule has 24 heavy (non-hydrogen) atoms. The summed E-state index contributed by atoms with van der Waals surface area (Å²) in [5.41, 5.74) is 8.05. The van der Waals surface area contributed by atoms with Crippen LogP contribution in [0.1, 0.15) is 45.7 Å². The standard InChI is InChI=1S/C18H26ClN3O2/c1-17(2,3)24-16(23)22-10-12-8-13(21-15(20)9-19)6-7-14(12)18(4,5)11-22/h6-8H,9-11H2,1-5H3,(H2,20,21). The van der Waals surface area contributed by atoms with Gasteiger partial charge in [-0.2, -0.15) is 0 Å². The van der Waals surface area contributed by atoms with Gasteiger partial charge in [0.25, 0.3) is 0 Å². The predicted octanol–water partition coefficient (Wildman–Crippen LogP) is 3.94. The highest BCUT2D eigenvalue weighted by molar-refractivity contribution is 6.28. The Labute approximate surface area is 148 Å². The molecule has 0 spiro atoms. The lowest BCUT2D eigenvalue weighted by molar-refractivity contribution is 0.0174. The number of ether oxygens (including phenoxy) is 1. The molecule has 0 unspecified atom stereocenters. The second-order valence-corrected chi connectivity index (χ2v) is 8.07. The fraction of sp³-hybridized carbons (Fsp3) is 0.556. The molecule has 132 valence electrons. The number of amidine groups is 1. The molecule has 6 heteroatoms. The first kappa shape index (κ1) is 18.6. The molecule has 0 aromatic heterocycles. The molecule has 0 atom stereocenters. The predicted molar refractivity (Wildman–Crippen MR) is 98.1 cm³/mol. The van der Waals surface area contributed by atoms with Gasteiger partial charge in [0.15, 0.2) is 0 Å². The van der Waals surface area contributed by atoms with Crippen LogP contribution in [-0.4, -0.2) is 34.9 Å². The van der Waals surface area contributed by atoms with Gasteiger partial charge in [0.05, 0.1) is 11.6 Å². The van der Waals surface area contributed by atoms with Crippen molar-refractivity contribution in [3.8, 4) is 0 Å². The Bertz CT molecular complexity index is 663. The number of amides is 1. The van der Waals surface area contributed by atoms with E-state index in [1.165, 1.54) is 5.56 Å². The fourth-order valence-corrected chi connectivity index (χ4v) is 2.98. The van der Waals surface area contributed by atoms with E-state index >= 15 is 0 Å². The third-order valence-electron chi connectivity index (χ3n) is 3.83. The van der Waals surface area contributed by atoms with Gasteiger partial charge in [-0.25, -0.2) is 9.79 Å². The number of hydrogen-bond acceptors (Lipinski definition) is 3. The molecule has 0 saturated carbocycles. The summed E-state index contributed by atoms with van der Waals surface area (Å²) in [5, 5.41) is 0. The van der Waals surface area contributed by atoms with Crippen LogP contribution in [0.25, 0.3) is 0 Å². The summed E-state index contributed by atoms with van der Waals surface area (Å²) in [4.78, 5) is 18.5.